The summed E-state index contributed by atoms with van der Waals surface area (Å²) in [7, 11) is 0. The third-order valence-corrected chi connectivity index (χ3v) is 3.88. The molecule has 1 aromatic heterocycles. The topological polar surface area (TPSA) is 45.2 Å². The summed E-state index contributed by atoms with van der Waals surface area (Å²) in [5.74, 6) is -0.0348. The Morgan fingerprint density at radius 3 is 2.48 bits per heavy atom. The van der Waals surface area contributed by atoms with Crippen LogP contribution in [0.3, 0.4) is 0 Å². The standard InChI is InChI=1S/C16H18BrN3O/c1-3-20(4-2)16(21)15-10-9-12(11-18-15)19-14-8-6-5-7-13(14)17/h5-11,19H,3-4H2,1-2H3. The number of hydrogen-bond donors (Lipinski definition) is 1. The number of para-hydroxylation sites is 1. The molecule has 5 heteroatoms. The first-order valence-electron chi connectivity index (χ1n) is 6.92. The van der Waals surface area contributed by atoms with Crippen LogP contribution in [0.1, 0.15) is 24.3 Å². The summed E-state index contributed by atoms with van der Waals surface area (Å²) in [6.45, 7) is 5.30. The number of anilines is 2. The minimum absolute atomic E-state index is 0.0348. The highest BCUT2D eigenvalue weighted by atomic mass is 79.9. The lowest BCUT2D eigenvalue weighted by Crippen LogP contribution is -2.31. The molecule has 1 aromatic carbocycles. The maximum absolute atomic E-state index is 12.2. The van der Waals surface area contributed by atoms with Crippen LogP contribution in [0.2, 0.25) is 0 Å². The van der Waals surface area contributed by atoms with E-state index in [1.54, 1.807) is 17.2 Å². The SMILES string of the molecule is CCN(CC)C(=O)c1ccc(Nc2ccccc2Br)cn1. The minimum Gasteiger partial charge on any atom is -0.353 e. The molecule has 110 valence electrons. The largest absolute Gasteiger partial charge is 0.353 e. The Kier molecular flexibility index (Phi) is 5.33. The molecule has 0 spiro atoms. The molecule has 4 nitrogen and oxygen atoms in total. The van der Waals surface area contributed by atoms with Gasteiger partial charge in [0.2, 0.25) is 0 Å². The molecule has 2 rings (SSSR count). The van der Waals surface area contributed by atoms with Crippen molar-refractivity contribution in [1.82, 2.24) is 9.88 Å². The molecule has 1 amide bonds. The number of nitrogens with one attached hydrogen (secondary N) is 1. The van der Waals surface area contributed by atoms with E-state index >= 15 is 0 Å². The molecular formula is C16H18BrN3O. The van der Waals surface area contributed by atoms with Gasteiger partial charge in [0, 0.05) is 17.6 Å². The van der Waals surface area contributed by atoms with Crippen molar-refractivity contribution < 1.29 is 4.79 Å². The summed E-state index contributed by atoms with van der Waals surface area (Å²) >= 11 is 3.49. The third-order valence-electron chi connectivity index (χ3n) is 3.19. The van der Waals surface area contributed by atoms with Crippen LogP contribution in [0.5, 0.6) is 0 Å². The number of pyridine rings is 1. The summed E-state index contributed by atoms with van der Waals surface area (Å²) in [5.41, 5.74) is 2.27. The van der Waals surface area contributed by atoms with Crippen molar-refractivity contribution in [1.29, 1.82) is 0 Å². The quantitative estimate of drug-likeness (QED) is 0.886. The van der Waals surface area contributed by atoms with Gasteiger partial charge in [-0.3, -0.25) is 4.79 Å². The predicted octanol–water partition coefficient (Wildman–Crippen LogP) is 4.07. The van der Waals surface area contributed by atoms with E-state index < -0.39 is 0 Å². The van der Waals surface area contributed by atoms with Crippen molar-refractivity contribution >= 4 is 33.2 Å². The van der Waals surface area contributed by atoms with Crippen LogP contribution in [0, 0.1) is 0 Å². The lowest BCUT2D eigenvalue weighted by molar-refractivity contribution is 0.0767. The molecular weight excluding hydrogens is 330 g/mol. The lowest BCUT2D eigenvalue weighted by atomic mass is 10.2. The number of carbonyl (C=O) groups excluding carboxylic acids is 1. The van der Waals surface area contributed by atoms with Crippen LogP contribution in [-0.2, 0) is 0 Å². The first kappa shape index (κ1) is 15.5. The number of hydrogen-bond acceptors (Lipinski definition) is 3. The number of rotatable bonds is 5. The Labute approximate surface area is 133 Å². The molecule has 0 atom stereocenters. The normalized spacial score (nSPS) is 10.2. The predicted molar refractivity (Wildman–Crippen MR) is 88.9 cm³/mol. The summed E-state index contributed by atoms with van der Waals surface area (Å²) in [6, 6.07) is 11.5. The second kappa shape index (κ2) is 7.22. The molecule has 0 saturated carbocycles. The van der Waals surface area contributed by atoms with Crippen molar-refractivity contribution in [3.8, 4) is 0 Å². The van der Waals surface area contributed by atoms with Crippen molar-refractivity contribution in [3.63, 3.8) is 0 Å². The molecule has 0 aliphatic carbocycles. The van der Waals surface area contributed by atoms with E-state index in [9.17, 15) is 4.79 Å². The molecule has 0 fully saturated rings. The average molecular weight is 348 g/mol. The third kappa shape index (κ3) is 3.82. The Hall–Kier alpha value is -1.88. The zero-order chi connectivity index (χ0) is 15.2. The van der Waals surface area contributed by atoms with Gasteiger partial charge < -0.3 is 10.2 Å². The van der Waals surface area contributed by atoms with Gasteiger partial charge in [0.1, 0.15) is 5.69 Å². The van der Waals surface area contributed by atoms with Crippen molar-refractivity contribution in [2.45, 2.75) is 13.8 Å². The molecule has 0 saturated heterocycles. The van der Waals surface area contributed by atoms with Gasteiger partial charge in [-0.1, -0.05) is 12.1 Å². The van der Waals surface area contributed by atoms with E-state index in [1.807, 2.05) is 44.2 Å². The van der Waals surface area contributed by atoms with Crippen LogP contribution in [-0.4, -0.2) is 28.9 Å². The van der Waals surface area contributed by atoms with E-state index in [1.165, 1.54) is 0 Å². The highest BCUT2D eigenvalue weighted by molar-refractivity contribution is 9.10. The molecule has 0 aliphatic heterocycles. The molecule has 0 aliphatic rings. The Morgan fingerprint density at radius 1 is 1.19 bits per heavy atom. The van der Waals surface area contributed by atoms with Gasteiger partial charge in [-0.25, -0.2) is 4.98 Å². The van der Waals surface area contributed by atoms with Crippen LogP contribution < -0.4 is 5.32 Å². The summed E-state index contributed by atoms with van der Waals surface area (Å²) in [5, 5.41) is 3.26. The number of carbonyl (C=O) groups is 1. The minimum atomic E-state index is -0.0348. The highest BCUT2D eigenvalue weighted by Crippen LogP contribution is 2.24. The number of halogens is 1. The maximum atomic E-state index is 12.2. The van der Waals surface area contributed by atoms with Gasteiger partial charge in [0.25, 0.3) is 5.91 Å². The molecule has 0 bridgehead atoms. The molecule has 0 radical (unpaired) electrons. The van der Waals surface area contributed by atoms with Crippen LogP contribution in [0.15, 0.2) is 47.1 Å². The molecule has 0 unspecified atom stereocenters. The molecule has 2 aromatic rings. The lowest BCUT2D eigenvalue weighted by Gasteiger charge is -2.18. The summed E-state index contributed by atoms with van der Waals surface area (Å²) < 4.78 is 0.980. The van der Waals surface area contributed by atoms with Crippen LogP contribution in [0.25, 0.3) is 0 Å². The highest BCUT2D eigenvalue weighted by Gasteiger charge is 2.13. The number of benzene rings is 1. The summed E-state index contributed by atoms with van der Waals surface area (Å²) in [4.78, 5) is 18.2. The van der Waals surface area contributed by atoms with Gasteiger partial charge >= 0.3 is 0 Å². The summed E-state index contributed by atoms with van der Waals surface area (Å²) in [6.07, 6.45) is 1.68. The fourth-order valence-corrected chi connectivity index (χ4v) is 2.37. The smallest absolute Gasteiger partial charge is 0.272 e. The molecule has 1 heterocycles. The second-order valence-electron chi connectivity index (χ2n) is 4.51. The first-order chi connectivity index (χ1) is 10.2. The van der Waals surface area contributed by atoms with Crippen molar-refractivity contribution in [3.05, 3.63) is 52.8 Å². The van der Waals surface area contributed by atoms with Gasteiger partial charge in [0.05, 0.1) is 17.6 Å². The Balaban J connectivity index is 2.12. The number of amides is 1. The fraction of sp³-hybridized carbons (Fsp3) is 0.250. The zero-order valence-electron chi connectivity index (χ0n) is 12.1. The van der Waals surface area contributed by atoms with Crippen LogP contribution in [0.4, 0.5) is 11.4 Å². The van der Waals surface area contributed by atoms with E-state index in [4.69, 9.17) is 0 Å². The second-order valence-corrected chi connectivity index (χ2v) is 5.37. The fourth-order valence-electron chi connectivity index (χ4n) is 1.99. The zero-order valence-corrected chi connectivity index (χ0v) is 13.7. The number of nitrogens with zero attached hydrogens (tertiary/aromatic N) is 2. The first-order valence-corrected chi connectivity index (χ1v) is 7.71. The Morgan fingerprint density at radius 2 is 1.90 bits per heavy atom. The van der Waals surface area contributed by atoms with E-state index in [2.05, 4.69) is 26.2 Å². The van der Waals surface area contributed by atoms with Gasteiger partial charge in [-0.05, 0) is 54.0 Å². The molecule has 21 heavy (non-hydrogen) atoms. The number of aromatic nitrogens is 1. The van der Waals surface area contributed by atoms with Gasteiger partial charge in [-0.2, -0.15) is 0 Å². The average Bonchev–Trinajstić information content (AvgIpc) is 2.51. The maximum Gasteiger partial charge on any atom is 0.272 e. The van der Waals surface area contributed by atoms with Crippen molar-refractivity contribution in [2.75, 3.05) is 18.4 Å². The van der Waals surface area contributed by atoms with Crippen molar-refractivity contribution in [2.24, 2.45) is 0 Å². The van der Waals surface area contributed by atoms with E-state index in [0.29, 0.717) is 18.8 Å². The van der Waals surface area contributed by atoms with Crippen LogP contribution >= 0.6 is 15.9 Å². The van der Waals surface area contributed by atoms with Gasteiger partial charge in [-0.15, -0.1) is 0 Å². The molecule has 1 N–H and O–H groups in total. The van der Waals surface area contributed by atoms with E-state index in [-0.39, 0.29) is 5.91 Å². The Bertz CT molecular complexity index is 609. The van der Waals surface area contributed by atoms with E-state index in [0.717, 1.165) is 15.8 Å². The monoisotopic (exact) mass is 347 g/mol. The van der Waals surface area contributed by atoms with Gasteiger partial charge in [0.15, 0.2) is 0 Å².